The maximum Gasteiger partial charge on any atom is 0.0629 e. The van der Waals surface area contributed by atoms with Gasteiger partial charge in [-0.2, -0.15) is 0 Å². The van der Waals surface area contributed by atoms with E-state index < -0.39 is 0 Å². The van der Waals surface area contributed by atoms with Gasteiger partial charge in [-0.3, -0.25) is 0 Å². The zero-order valence-corrected chi connectivity index (χ0v) is 35.4. The molecule has 0 bridgehead atoms. The van der Waals surface area contributed by atoms with Crippen LogP contribution in [0.5, 0.6) is 0 Å². The van der Waals surface area contributed by atoms with Crippen LogP contribution in [-0.2, 0) is 0 Å². The van der Waals surface area contributed by atoms with Crippen LogP contribution in [0.4, 0.5) is 17.1 Å². The van der Waals surface area contributed by atoms with Gasteiger partial charge >= 0.3 is 0 Å². The van der Waals surface area contributed by atoms with E-state index in [4.69, 9.17) is 0 Å². The van der Waals surface area contributed by atoms with Crippen molar-refractivity contribution in [2.24, 2.45) is 0 Å². The van der Waals surface area contributed by atoms with Crippen LogP contribution in [-0.4, -0.2) is 17.6 Å². The Balaban J connectivity index is 0.931. The molecule has 12 rings (SSSR count). The van der Waals surface area contributed by atoms with Crippen molar-refractivity contribution in [3.63, 3.8) is 0 Å². The predicted molar refractivity (Wildman–Crippen MR) is 265 cm³/mol. The van der Waals surface area contributed by atoms with Crippen LogP contribution in [0, 0.1) is 0 Å². The quantitative estimate of drug-likeness (QED) is 0.158. The molecule has 0 radical (unpaired) electrons. The van der Waals surface area contributed by atoms with Gasteiger partial charge in [0, 0.05) is 28.9 Å². The number of allylic oxidation sites excluding steroid dienone is 6. The molecule has 0 N–H and O–H groups in total. The van der Waals surface area contributed by atoms with Crippen LogP contribution < -0.4 is 9.80 Å². The minimum atomic E-state index is -0.160. The van der Waals surface area contributed by atoms with Gasteiger partial charge in [0.05, 0.1) is 17.6 Å². The molecule has 302 valence electrons. The van der Waals surface area contributed by atoms with E-state index in [0.29, 0.717) is 17.9 Å². The van der Waals surface area contributed by atoms with Crippen LogP contribution >= 0.6 is 0 Å². The zero-order valence-electron chi connectivity index (χ0n) is 35.4. The average molecular weight is 809 g/mol. The van der Waals surface area contributed by atoms with Crippen molar-refractivity contribution in [1.82, 2.24) is 0 Å². The number of nitrogens with zero attached hydrogens (tertiary/aromatic N) is 2. The second-order valence-corrected chi connectivity index (χ2v) is 17.9. The molecule has 0 fully saturated rings. The lowest BCUT2D eigenvalue weighted by atomic mass is 9.83. The molecule has 2 heteroatoms. The van der Waals surface area contributed by atoms with Crippen molar-refractivity contribution >= 4 is 22.6 Å². The molecule has 0 amide bonds. The first-order chi connectivity index (χ1) is 31.1. The fraction of sp³-hybridized carbons (Fsp3) is 0.115. The number of rotatable bonds is 7. The van der Waals surface area contributed by atoms with Crippen LogP contribution in [0.3, 0.4) is 0 Å². The molecule has 0 saturated carbocycles. The molecule has 7 aromatic carbocycles. The fourth-order valence-electron chi connectivity index (χ4n) is 10.9. The normalized spacial score (nSPS) is 22.4. The summed E-state index contributed by atoms with van der Waals surface area (Å²) >= 11 is 0. The van der Waals surface area contributed by atoms with Crippen molar-refractivity contribution in [2.75, 3.05) is 9.80 Å². The summed E-state index contributed by atoms with van der Waals surface area (Å²) in [5.41, 5.74) is 18.7. The SMILES string of the molecule is CC1(N2c3ccccc3C3C=CC=CC32)C=CC(c2cc(-c3ccccc3)cc(-c3cc(-c4ccccc4)cc(-c4ccc(N5c6ccccc6C6C=CC=CC65)cc4)c3)c2)=CC1. The molecule has 63 heavy (non-hydrogen) atoms. The summed E-state index contributed by atoms with van der Waals surface area (Å²) in [4.78, 5) is 5.17. The molecule has 5 atom stereocenters. The summed E-state index contributed by atoms with van der Waals surface area (Å²) in [6.07, 6.45) is 26.5. The molecule has 7 aromatic rings. The summed E-state index contributed by atoms with van der Waals surface area (Å²) in [5.74, 6) is 0.738. The lowest BCUT2D eigenvalue weighted by Crippen LogP contribution is -2.49. The topological polar surface area (TPSA) is 6.48 Å². The fourth-order valence-corrected chi connectivity index (χ4v) is 10.9. The Labute approximate surface area is 371 Å². The highest BCUT2D eigenvalue weighted by Crippen LogP contribution is 2.50. The third-order valence-corrected chi connectivity index (χ3v) is 14.1. The number of para-hydroxylation sites is 2. The smallest absolute Gasteiger partial charge is 0.0629 e. The Morgan fingerprint density at radius 3 is 1.48 bits per heavy atom. The highest BCUT2D eigenvalue weighted by Gasteiger charge is 2.44. The first-order valence-electron chi connectivity index (χ1n) is 22.5. The first-order valence-corrected chi connectivity index (χ1v) is 22.5. The van der Waals surface area contributed by atoms with E-state index in [1.165, 1.54) is 83.8 Å². The van der Waals surface area contributed by atoms with Crippen molar-refractivity contribution in [3.05, 3.63) is 253 Å². The van der Waals surface area contributed by atoms with Gasteiger partial charge in [-0.05, 0) is 141 Å². The minimum Gasteiger partial charge on any atom is -0.355 e. The molecule has 2 heterocycles. The number of fused-ring (bicyclic) bond motifs is 6. The lowest BCUT2D eigenvalue weighted by molar-refractivity contribution is 0.484. The second-order valence-electron chi connectivity index (χ2n) is 17.9. The van der Waals surface area contributed by atoms with E-state index in [2.05, 4.69) is 253 Å². The summed E-state index contributed by atoms with van der Waals surface area (Å²) in [6.45, 7) is 2.40. The van der Waals surface area contributed by atoms with Crippen molar-refractivity contribution < 1.29 is 0 Å². The Hall–Kier alpha value is -7.42. The van der Waals surface area contributed by atoms with Crippen molar-refractivity contribution in [2.45, 2.75) is 42.8 Å². The largest absolute Gasteiger partial charge is 0.355 e. The van der Waals surface area contributed by atoms with E-state index >= 15 is 0 Å². The summed E-state index contributed by atoms with van der Waals surface area (Å²) < 4.78 is 0. The summed E-state index contributed by atoms with van der Waals surface area (Å²) in [7, 11) is 0. The zero-order chi connectivity index (χ0) is 41.9. The maximum absolute atomic E-state index is 2.66. The Kier molecular flexibility index (Phi) is 9.00. The van der Waals surface area contributed by atoms with E-state index in [-0.39, 0.29) is 11.6 Å². The van der Waals surface area contributed by atoms with Gasteiger partial charge in [0.15, 0.2) is 0 Å². The third kappa shape index (κ3) is 6.48. The molecule has 5 aliphatic rings. The highest BCUT2D eigenvalue weighted by molar-refractivity contribution is 5.88. The highest BCUT2D eigenvalue weighted by atomic mass is 15.3. The second kappa shape index (κ2) is 15.2. The van der Waals surface area contributed by atoms with E-state index in [1.54, 1.807) is 0 Å². The first kappa shape index (κ1) is 37.4. The Morgan fingerprint density at radius 2 is 0.889 bits per heavy atom. The van der Waals surface area contributed by atoms with Crippen LogP contribution in [0.2, 0.25) is 0 Å². The lowest BCUT2D eigenvalue weighted by Gasteiger charge is -2.44. The van der Waals surface area contributed by atoms with Crippen molar-refractivity contribution in [3.8, 4) is 44.5 Å². The molecule has 0 aromatic heterocycles. The Morgan fingerprint density at radius 1 is 0.429 bits per heavy atom. The molecule has 3 aliphatic carbocycles. The number of hydrogen-bond donors (Lipinski definition) is 0. The van der Waals surface area contributed by atoms with E-state index in [0.717, 1.165) is 6.42 Å². The van der Waals surface area contributed by atoms with Crippen LogP contribution in [0.25, 0.3) is 50.1 Å². The monoisotopic (exact) mass is 808 g/mol. The summed E-state index contributed by atoms with van der Waals surface area (Å²) in [6, 6.07) is 63.6. The number of benzene rings is 7. The number of anilines is 3. The van der Waals surface area contributed by atoms with E-state index in [1.807, 2.05) is 0 Å². The van der Waals surface area contributed by atoms with Gasteiger partial charge in [-0.1, -0.05) is 176 Å². The van der Waals surface area contributed by atoms with Gasteiger partial charge in [-0.15, -0.1) is 0 Å². The molecular weight excluding hydrogens is 761 g/mol. The third-order valence-electron chi connectivity index (χ3n) is 14.1. The molecule has 0 saturated heterocycles. The molecular formula is C61H48N2. The van der Waals surface area contributed by atoms with Crippen LogP contribution in [0.1, 0.15) is 41.9 Å². The van der Waals surface area contributed by atoms with Gasteiger partial charge in [0.1, 0.15) is 0 Å². The van der Waals surface area contributed by atoms with E-state index in [9.17, 15) is 0 Å². The molecule has 2 nitrogen and oxygen atoms in total. The standard InChI is InChI=1S/C61H48N2/c1-61(63-59-26-14-10-22-55(59)56-23-11-15-27-60(56)63)34-32-45(33-35-61)49-37-47(43-18-6-3-7-19-43)39-51(41-49)50-38-46(42-16-4-2-5-17-42)36-48(40-50)44-28-30-52(31-29-44)62-57-24-12-8-20-53(57)54-21-9-13-25-58(54)62/h2-34,36-41,53,55,57,59H,35H2,1H3. The number of hydrogen-bond acceptors (Lipinski definition) is 2. The maximum atomic E-state index is 2.66. The Bertz CT molecular complexity index is 3070. The van der Waals surface area contributed by atoms with Gasteiger partial charge < -0.3 is 9.80 Å². The van der Waals surface area contributed by atoms with Gasteiger partial charge in [-0.25, -0.2) is 0 Å². The molecule has 5 unspecified atom stereocenters. The van der Waals surface area contributed by atoms with Crippen molar-refractivity contribution in [1.29, 1.82) is 0 Å². The van der Waals surface area contributed by atoms with Gasteiger partial charge in [0.25, 0.3) is 0 Å². The van der Waals surface area contributed by atoms with Gasteiger partial charge in [0.2, 0.25) is 0 Å². The molecule has 0 spiro atoms. The predicted octanol–water partition coefficient (Wildman–Crippen LogP) is 15.3. The van der Waals surface area contributed by atoms with Crippen LogP contribution in [0.15, 0.2) is 237 Å². The summed E-state index contributed by atoms with van der Waals surface area (Å²) in [5, 5.41) is 0. The average Bonchev–Trinajstić information content (AvgIpc) is 3.88. The minimum absolute atomic E-state index is 0.160. The molecule has 2 aliphatic heterocycles.